The topological polar surface area (TPSA) is 36.4 Å². The van der Waals surface area contributed by atoms with Crippen LogP contribution in [0.4, 0.5) is 0 Å². The van der Waals surface area contributed by atoms with Crippen LogP contribution < -0.4 is 0 Å². The molecule has 128 valence electrons. The minimum Gasteiger partial charge on any atom is -0.341 e. The van der Waals surface area contributed by atoms with Crippen molar-refractivity contribution in [3.8, 4) is 0 Å². The number of amides is 1. The second-order valence-corrected chi connectivity index (χ2v) is 7.55. The van der Waals surface area contributed by atoms with Crippen molar-refractivity contribution in [3.63, 3.8) is 0 Å². The molecule has 0 unspecified atom stereocenters. The van der Waals surface area contributed by atoms with Crippen LogP contribution >= 0.6 is 11.3 Å². The van der Waals surface area contributed by atoms with E-state index >= 15 is 0 Å². The molecule has 0 saturated carbocycles. The molecule has 1 saturated heterocycles. The van der Waals surface area contributed by atoms with Gasteiger partial charge in [-0.15, -0.1) is 11.3 Å². The Morgan fingerprint density at radius 2 is 2.17 bits per heavy atom. The lowest BCUT2D eigenvalue weighted by atomic mass is 9.98. The number of rotatable bonds is 5. The van der Waals surface area contributed by atoms with Crippen molar-refractivity contribution < 1.29 is 4.79 Å². The Hall–Kier alpha value is -1.72. The van der Waals surface area contributed by atoms with Gasteiger partial charge in [0.25, 0.3) is 0 Å². The molecule has 1 aromatic carbocycles. The number of nitrogens with zero attached hydrogens (tertiary/aromatic N) is 3. The number of carbonyl (C=O) groups is 1. The normalized spacial score (nSPS) is 18.1. The Balaban J connectivity index is 1.54. The average molecular weight is 343 g/mol. The lowest BCUT2D eigenvalue weighted by molar-refractivity contribution is -0.133. The molecule has 3 rings (SSSR count). The second-order valence-electron chi connectivity index (χ2n) is 6.66. The number of thiazole rings is 1. The second kappa shape index (κ2) is 7.90. The molecule has 24 heavy (non-hydrogen) atoms. The van der Waals surface area contributed by atoms with E-state index in [1.165, 1.54) is 10.6 Å². The molecular formula is C19H25N3OS. The van der Waals surface area contributed by atoms with Crippen LogP contribution in [0.3, 0.4) is 0 Å². The van der Waals surface area contributed by atoms with E-state index in [4.69, 9.17) is 0 Å². The van der Waals surface area contributed by atoms with Crippen molar-refractivity contribution in [2.75, 3.05) is 26.7 Å². The maximum Gasteiger partial charge on any atom is 0.236 e. The van der Waals surface area contributed by atoms with Crippen molar-refractivity contribution in [2.24, 2.45) is 0 Å². The van der Waals surface area contributed by atoms with Gasteiger partial charge in [0, 0.05) is 36.6 Å². The highest BCUT2D eigenvalue weighted by atomic mass is 32.1. The van der Waals surface area contributed by atoms with Crippen LogP contribution in [0.5, 0.6) is 0 Å². The summed E-state index contributed by atoms with van der Waals surface area (Å²) in [6.07, 6.45) is 2.20. The molecule has 0 bridgehead atoms. The van der Waals surface area contributed by atoms with Gasteiger partial charge < -0.3 is 4.90 Å². The lowest BCUT2D eigenvalue weighted by Gasteiger charge is -2.33. The van der Waals surface area contributed by atoms with E-state index in [1.54, 1.807) is 11.3 Å². The average Bonchev–Trinajstić information content (AvgIpc) is 3.02. The van der Waals surface area contributed by atoms with Gasteiger partial charge >= 0.3 is 0 Å². The van der Waals surface area contributed by atoms with Crippen LogP contribution in [0.15, 0.2) is 35.7 Å². The highest BCUT2D eigenvalue weighted by Gasteiger charge is 2.26. The first-order valence-electron chi connectivity index (χ1n) is 8.54. The summed E-state index contributed by atoms with van der Waals surface area (Å²) in [5.41, 5.74) is 2.32. The van der Waals surface area contributed by atoms with E-state index in [0.717, 1.165) is 38.2 Å². The largest absolute Gasteiger partial charge is 0.341 e. The number of aryl methyl sites for hydroxylation is 1. The summed E-state index contributed by atoms with van der Waals surface area (Å²) < 4.78 is 0. The summed E-state index contributed by atoms with van der Waals surface area (Å²) in [6.45, 7) is 4.99. The fourth-order valence-electron chi connectivity index (χ4n) is 3.25. The van der Waals surface area contributed by atoms with Gasteiger partial charge in [-0.2, -0.15) is 0 Å². The van der Waals surface area contributed by atoms with Crippen LogP contribution in [0.25, 0.3) is 0 Å². The van der Waals surface area contributed by atoms with Crippen LogP contribution in [0, 0.1) is 6.92 Å². The van der Waals surface area contributed by atoms with Crippen molar-refractivity contribution in [1.82, 2.24) is 14.8 Å². The van der Waals surface area contributed by atoms with Gasteiger partial charge in [-0.1, -0.05) is 30.3 Å². The predicted molar refractivity (Wildman–Crippen MR) is 98.2 cm³/mol. The minimum absolute atomic E-state index is 0.228. The molecule has 0 N–H and O–H groups in total. The number of hydrogen-bond acceptors (Lipinski definition) is 4. The zero-order chi connectivity index (χ0) is 16.9. The Bertz CT molecular complexity index is 670. The van der Waals surface area contributed by atoms with Crippen molar-refractivity contribution in [2.45, 2.75) is 32.2 Å². The van der Waals surface area contributed by atoms with Gasteiger partial charge in [0.05, 0.1) is 11.6 Å². The van der Waals surface area contributed by atoms with E-state index in [2.05, 4.69) is 27.4 Å². The van der Waals surface area contributed by atoms with Crippen molar-refractivity contribution >= 4 is 17.2 Å². The molecule has 1 amide bonds. The summed E-state index contributed by atoms with van der Waals surface area (Å²) in [5.74, 6) is 0.632. The van der Waals surface area contributed by atoms with Gasteiger partial charge in [-0.05, 0) is 32.4 Å². The fraction of sp³-hybridized carbons (Fsp3) is 0.474. The quantitative estimate of drug-likeness (QED) is 0.836. The molecule has 1 fully saturated rings. The summed E-state index contributed by atoms with van der Waals surface area (Å²) >= 11 is 1.73. The predicted octanol–water partition coefficient (Wildman–Crippen LogP) is 3.29. The molecule has 1 aliphatic heterocycles. The smallest absolute Gasteiger partial charge is 0.236 e. The Morgan fingerprint density at radius 1 is 1.38 bits per heavy atom. The number of likely N-dealkylation sites (N-methyl/N-ethyl adjacent to an activating group) is 1. The van der Waals surface area contributed by atoms with Gasteiger partial charge in [0.2, 0.25) is 5.91 Å². The molecule has 1 aliphatic rings. The zero-order valence-electron chi connectivity index (χ0n) is 14.4. The third kappa shape index (κ3) is 4.42. The van der Waals surface area contributed by atoms with Gasteiger partial charge in [0.1, 0.15) is 0 Å². The van der Waals surface area contributed by atoms with Crippen LogP contribution in [0.2, 0.25) is 0 Å². The number of carbonyl (C=O) groups excluding carboxylic acids is 1. The first-order valence-corrected chi connectivity index (χ1v) is 9.42. The van der Waals surface area contributed by atoms with Crippen LogP contribution in [-0.2, 0) is 11.3 Å². The summed E-state index contributed by atoms with van der Waals surface area (Å²) in [4.78, 5) is 21.4. The Morgan fingerprint density at radius 3 is 2.88 bits per heavy atom. The van der Waals surface area contributed by atoms with Crippen LogP contribution in [-0.4, -0.2) is 47.4 Å². The molecule has 4 nitrogen and oxygen atoms in total. The zero-order valence-corrected chi connectivity index (χ0v) is 15.3. The van der Waals surface area contributed by atoms with E-state index < -0.39 is 0 Å². The molecule has 0 aliphatic carbocycles. The fourth-order valence-corrected chi connectivity index (χ4v) is 4.17. The maximum absolute atomic E-state index is 12.6. The molecule has 0 spiro atoms. The van der Waals surface area contributed by atoms with Crippen molar-refractivity contribution in [3.05, 3.63) is 52.0 Å². The van der Waals surface area contributed by atoms with Crippen molar-refractivity contribution in [1.29, 1.82) is 0 Å². The number of benzene rings is 1. The standard InChI is InChI=1S/C19H25N3OS/c1-15-14-24-19(20-15)17-9-6-10-22(12-17)18(23)13-21(2)11-16-7-4-3-5-8-16/h3-5,7-8,14,17H,6,9-13H2,1-2H3/t17-/m0/s1. The summed E-state index contributed by atoms with van der Waals surface area (Å²) in [5, 5.41) is 3.28. The summed E-state index contributed by atoms with van der Waals surface area (Å²) in [7, 11) is 2.01. The third-order valence-electron chi connectivity index (χ3n) is 4.46. The third-order valence-corrected chi connectivity index (χ3v) is 5.59. The number of hydrogen-bond donors (Lipinski definition) is 0. The SMILES string of the molecule is Cc1csc([C@H]2CCCN(C(=O)CN(C)Cc3ccccc3)C2)n1. The maximum atomic E-state index is 12.6. The number of piperidine rings is 1. The molecule has 1 aromatic heterocycles. The monoisotopic (exact) mass is 343 g/mol. The first kappa shape index (κ1) is 17.1. The molecule has 2 heterocycles. The number of aromatic nitrogens is 1. The minimum atomic E-state index is 0.228. The summed E-state index contributed by atoms with van der Waals surface area (Å²) in [6, 6.07) is 10.3. The van der Waals surface area contributed by atoms with Gasteiger partial charge in [0.15, 0.2) is 0 Å². The molecular weight excluding hydrogens is 318 g/mol. The molecule has 0 radical (unpaired) electrons. The Labute approximate surface area is 148 Å². The first-order chi connectivity index (χ1) is 11.6. The van der Waals surface area contributed by atoms with Crippen LogP contribution in [0.1, 0.15) is 35.0 Å². The van der Waals surface area contributed by atoms with E-state index in [9.17, 15) is 4.79 Å². The van der Waals surface area contributed by atoms with E-state index in [1.807, 2.05) is 37.1 Å². The van der Waals surface area contributed by atoms with Gasteiger partial charge in [-0.25, -0.2) is 4.98 Å². The van der Waals surface area contributed by atoms with E-state index in [-0.39, 0.29) is 5.91 Å². The van der Waals surface area contributed by atoms with Gasteiger partial charge in [-0.3, -0.25) is 9.69 Å². The number of likely N-dealkylation sites (tertiary alicyclic amines) is 1. The van der Waals surface area contributed by atoms with E-state index in [0.29, 0.717) is 12.5 Å². The highest BCUT2D eigenvalue weighted by Crippen LogP contribution is 2.29. The highest BCUT2D eigenvalue weighted by molar-refractivity contribution is 7.09. The molecule has 5 heteroatoms. The Kier molecular flexibility index (Phi) is 5.63. The lowest BCUT2D eigenvalue weighted by Crippen LogP contribution is -2.43. The molecule has 1 atom stereocenters. The molecule has 2 aromatic rings.